The van der Waals surface area contributed by atoms with Gasteiger partial charge in [0.25, 0.3) is 5.56 Å². The van der Waals surface area contributed by atoms with E-state index in [9.17, 15) is 14.4 Å². The summed E-state index contributed by atoms with van der Waals surface area (Å²) in [6, 6.07) is 19.5. The first-order chi connectivity index (χ1) is 16.0. The number of aromatic amines is 2. The molecule has 0 amide bonds. The van der Waals surface area contributed by atoms with Crippen LogP contribution in [0.5, 0.6) is 0 Å². The van der Waals surface area contributed by atoms with Crippen LogP contribution in [0.3, 0.4) is 0 Å². The molecule has 33 heavy (non-hydrogen) atoms. The summed E-state index contributed by atoms with van der Waals surface area (Å²) in [5.74, 6) is -0.565. The van der Waals surface area contributed by atoms with Crippen LogP contribution in [-0.4, -0.2) is 31.1 Å². The van der Waals surface area contributed by atoms with Crippen LogP contribution in [0.1, 0.15) is 29.2 Å². The standard InChI is InChI=1S/C24H21N5O3S/c25-21-18(22(31)28-24(32)29(21)16-11-12-16)17(30)13-33-23-26-19(14-7-3-1-4-8-14)20(27-23)15-9-5-2-6-10-15/h1-10,16H,11-13,25H2,(H,26,27)(H,28,31,32). The van der Waals surface area contributed by atoms with Crippen LogP contribution in [0.4, 0.5) is 5.82 Å². The number of carbonyl (C=O) groups is 1. The molecule has 0 spiro atoms. The third-order valence-corrected chi connectivity index (χ3v) is 6.38. The molecule has 4 aromatic rings. The number of hydrogen-bond donors (Lipinski definition) is 3. The minimum absolute atomic E-state index is 0.0495. The first-order valence-corrected chi connectivity index (χ1v) is 11.5. The first kappa shape index (κ1) is 21.0. The molecule has 5 rings (SSSR count). The molecule has 9 heteroatoms. The van der Waals surface area contributed by atoms with E-state index >= 15 is 0 Å². The van der Waals surface area contributed by atoms with Crippen LogP contribution in [0.15, 0.2) is 75.4 Å². The fourth-order valence-corrected chi connectivity index (χ4v) is 4.52. The molecule has 0 unspecified atom stereocenters. The van der Waals surface area contributed by atoms with Crippen LogP contribution in [0, 0.1) is 0 Å². The second kappa shape index (κ2) is 8.59. The number of ketones is 1. The predicted molar refractivity (Wildman–Crippen MR) is 129 cm³/mol. The topological polar surface area (TPSA) is 127 Å². The van der Waals surface area contributed by atoms with E-state index in [0.29, 0.717) is 5.16 Å². The molecule has 0 radical (unpaired) electrons. The number of nitrogen functional groups attached to an aromatic ring is 1. The Morgan fingerprint density at radius 1 is 1.00 bits per heavy atom. The minimum atomic E-state index is -0.755. The molecule has 0 bridgehead atoms. The van der Waals surface area contributed by atoms with Crippen molar-refractivity contribution in [3.8, 4) is 22.5 Å². The Bertz CT molecular complexity index is 1380. The van der Waals surface area contributed by atoms with E-state index in [1.165, 1.54) is 16.3 Å². The summed E-state index contributed by atoms with van der Waals surface area (Å²) in [6.45, 7) is 0. The van der Waals surface area contributed by atoms with Crippen molar-refractivity contribution in [1.82, 2.24) is 19.5 Å². The maximum absolute atomic E-state index is 12.9. The second-order valence-corrected chi connectivity index (χ2v) is 8.79. The van der Waals surface area contributed by atoms with Crippen molar-refractivity contribution in [2.45, 2.75) is 24.0 Å². The van der Waals surface area contributed by atoms with Gasteiger partial charge >= 0.3 is 5.69 Å². The number of H-pyrrole nitrogens is 2. The molecule has 8 nitrogen and oxygen atoms in total. The van der Waals surface area contributed by atoms with Gasteiger partial charge in [0.2, 0.25) is 0 Å². The van der Waals surface area contributed by atoms with Crippen molar-refractivity contribution in [1.29, 1.82) is 0 Å². The number of imidazole rings is 1. The van der Waals surface area contributed by atoms with Gasteiger partial charge in [-0.05, 0) is 12.8 Å². The fraction of sp³-hybridized carbons (Fsp3) is 0.167. The Morgan fingerprint density at radius 2 is 1.64 bits per heavy atom. The zero-order chi connectivity index (χ0) is 22.9. The fourth-order valence-electron chi connectivity index (χ4n) is 3.78. The number of hydrogen-bond acceptors (Lipinski definition) is 6. The molecule has 1 aliphatic carbocycles. The van der Waals surface area contributed by atoms with Crippen LogP contribution in [-0.2, 0) is 0 Å². The predicted octanol–water partition coefficient (Wildman–Crippen LogP) is 3.49. The van der Waals surface area contributed by atoms with Gasteiger partial charge in [-0.3, -0.25) is 19.1 Å². The lowest BCUT2D eigenvalue weighted by atomic mass is 10.1. The monoisotopic (exact) mass is 459 g/mol. The maximum Gasteiger partial charge on any atom is 0.330 e. The van der Waals surface area contributed by atoms with Crippen LogP contribution in [0.2, 0.25) is 0 Å². The normalized spacial score (nSPS) is 13.2. The smallest absolute Gasteiger partial charge is 0.330 e. The molecular formula is C24H21N5O3S. The molecule has 166 valence electrons. The molecular weight excluding hydrogens is 438 g/mol. The highest BCUT2D eigenvalue weighted by Crippen LogP contribution is 2.36. The molecule has 0 aliphatic heterocycles. The molecule has 0 saturated heterocycles. The SMILES string of the molecule is Nc1c(C(=O)CSc2nc(-c3ccccc3)c(-c3ccccc3)[nH]2)c(=O)[nH]c(=O)n1C1CC1. The third kappa shape index (κ3) is 4.14. The van der Waals surface area contributed by atoms with E-state index in [1.54, 1.807) is 0 Å². The lowest BCUT2D eigenvalue weighted by Crippen LogP contribution is -2.36. The molecule has 4 N–H and O–H groups in total. The van der Waals surface area contributed by atoms with Gasteiger partial charge in [0.1, 0.15) is 11.4 Å². The van der Waals surface area contributed by atoms with Crippen LogP contribution >= 0.6 is 11.8 Å². The Hall–Kier alpha value is -3.85. The van der Waals surface area contributed by atoms with Gasteiger partial charge in [0, 0.05) is 17.2 Å². The van der Waals surface area contributed by atoms with Gasteiger partial charge in [0.15, 0.2) is 10.9 Å². The van der Waals surface area contributed by atoms with E-state index in [-0.39, 0.29) is 23.2 Å². The summed E-state index contributed by atoms with van der Waals surface area (Å²) in [7, 11) is 0. The summed E-state index contributed by atoms with van der Waals surface area (Å²) in [5.41, 5.74) is 8.10. The lowest BCUT2D eigenvalue weighted by molar-refractivity contribution is 0.102. The Kier molecular flexibility index (Phi) is 5.47. The Labute approximate surface area is 192 Å². The molecule has 1 saturated carbocycles. The van der Waals surface area contributed by atoms with Gasteiger partial charge in [-0.2, -0.15) is 0 Å². The molecule has 0 atom stereocenters. The Morgan fingerprint density at radius 3 is 2.27 bits per heavy atom. The van der Waals surface area contributed by atoms with Crippen molar-refractivity contribution in [3.63, 3.8) is 0 Å². The van der Waals surface area contributed by atoms with Gasteiger partial charge in [-0.1, -0.05) is 72.4 Å². The number of nitrogens with two attached hydrogens (primary N) is 1. The van der Waals surface area contributed by atoms with Crippen molar-refractivity contribution in [2.75, 3.05) is 11.5 Å². The third-order valence-electron chi connectivity index (χ3n) is 5.50. The second-order valence-electron chi connectivity index (χ2n) is 7.83. The van der Waals surface area contributed by atoms with Gasteiger partial charge in [-0.15, -0.1) is 0 Å². The average molecular weight is 460 g/mol. The largest absolute Gasteiger partial charge is 0.384 e. The van der Waals surface area contributed by atoms with E-state index in [1.807, 2.05) is 60.7 Å². The summed E-state index contributed by atoms with van der Waals surface area (Å²) >= 11 is 1.19. The molecule has 1 aliphatic rings. The molecule has 2 heterocycles. The van der Waals surface area contributed by atoms with Gasteiger partial charge < -0.3 is 10.7 Å². The number of Topliss-reactive ketones (excluding diaryl/α,β-unsaturated/α-hetero) is 1. The van der Waals surface area contributed by atoms with E-state index in [0.717, 1.165) is 35.4 Å². The zero-order valence-corrected chi connectivity index (χ0v) is 18.4. The lowest BCUT2D eigenvalue weighted by Gasteiger charge is -2.10. The summed E-state index contributed by atoms with van der Waals surface area (Å²) in [4.78, 5) is 47.6. The highest BCUT2D eigenvalue weighted by molar-refractivity contribution is 7.99. The number of thioether (sulfide) groups is 1. The van der Waals surface area contributed by atoms with E-state index in [2.05, 4.69) is 9.97 Å². The molecule has 2 aromatic carbocycles. The van der Waals surface area contributed by atoms with Gasteiger partial charge in [0.05, 0.1) is 17.1 Å². The van der Waals surface area contributed by atoms with Crippen LogP contribution in [0.25, 0.3) is 22.5 Å². The van der Waals surface area contributed by atoms with Crippen molar-refractivity contribution >= 4 is 23.4 Å². The number of aromatic nitrogens is 4. The minimum Gasteiger partial charge on any atom is -0.384 e. The highest BCUT2D eigenvalue weighted by atomic mass is 32.2. The summed E-state index contributed by atoms with van der Waals surface area (Å²) < 4.78 is 1.31. The molecule has 1 fully saturated rings. The van der Waals surface area contributed by atoms with Crippen molar-refractivity contribution in [2.24, 2.45) is 0 Å². The maximum atomic E-state index is 12.9. The molecule has 2 aromatic heterocycles. The zero-order valence-electron chi connectivity index (χ0n) is 17.6. The number of anilines is 1. The highest BCUT2D eigenvalue weighted by Gasteiger charge is 2.30. The summed E-state index contributed by atoms with van der Waals surface area (Å²) in [6.07, 6.45) is 1.60. The van der Waals surface area contributed by atoms with E-state index in [4.69, 9.17) is 10.7 Å². The summed E-state index contributed by atoms with van der Waals surface area (Å²) in [5, 5.41) is 0.548. The number of nitrogens with one attached hydrogen (secondary N) is 2. The number of rotatable bonds is 7. The van der Waals surface area contributed by atoms with Crippen molar-refractivity contribution < 1.29 is 4.79 Å². The number of carbonyl (C=O) groups excluding carboxylic acids is 1. The van der Waals surface area contributed by atoms with Crippen molar-refractivity contribution in [3.05, 3.63) is 87.1 Å². The number of benzene rings is 2. The quantitative estimate of drug-likeness (QED) is 0.287. The average Bonchev–Trinajstić information content (AvgIpc) is 3.55. The number of nitrogens with zero attached hydrogens (tertiary/aromatic N) is 2. The van der Waals surface area contributed by atoms with Crippen LogP contribution < -0.4 is 17.0 Å². The Balaban J connectivity index is 1.45. The van der Waals surface area contributed by atoms with E-state index < -0.39 is 17.0 Å². The van der Waals surface area contributed by atoms with Gasteiger partial charge in [-0.25, -0.2) is 9.78 Å². The first-order valence-electron chi connectivity index (χ1n) is 10.5.